The molecule has 1 aliphatic carbocycles. The summed E-state index contributed by atoms with van der Waals surface area (Å²) in [6.45, 7) is 7.61. The number of ether oxygens (including phenoxy) is 2. The Morgan fingerprint density at radius 1 is 1.31 bits per heavy atom. The molecule has 0 bridgehead atoms. The van der Waals surface area contributed by atoms with Crippen molar-refractivity contribution in [3.05, 3.63) is 50.7 Å². The molecule has 0 aromatic heterocycles. The van der Waals surface area contributed by atoms with Crippen LogP contribution in [0.25, 0.3) is 0 Å². The lowest BCUT2D eigenvalue weighted by Crippen LogP contribution is -2.33. The Kier molecular flexibility index (Phi) is 7.41. The fourth-order valence-corrected chi connectivity index (χ4v) is 4.42. The first kappa shape index (κ1) is 23.3. The molecule has 0 spiro atoms. The molecule has 0 fully saturated rings. The standard InChI is InChI=1S/C22H27Cl2NO4/c1-6-13(21(27)29-7-2)18(14-8-12(23)9-15(24)20(14)28-5)19-16(25)10-22(3,4)11-17(19)26/h6,8-9,18H,7,10-11,25H2,1-5H3/b13-6-. The van der Waals surface area contributed by atoms with E-state index in [1.165, 1.54) is 7.11 Å². The van der Waals surface area contributed by atoms with Gasteiger partial charge in [0.25, 0.3) is 0 Å². The van der Waals surface area contributed by atoms with Crippen LogP contribution in [-0.4, -0.2) is 25.5 Å². The number of ketones is 1. The van der Waals surface area contributed by atoms with Crippen LogP contribution < -0.4 is 10.5 Å². The van der Waals surface area contributed by atoms with Gasteiger partial charge in [-0.1, -0.05) is 43.1 Å². The zero-order valence-electron chi connectivity index (χ0n) is 17.4. The average molecular weight is 440 g/mol. The molecule has 1 atom stereocenters. The van der Waals surface area contributed by atoms with E-state index in [-0.39, 0.29) is 28.4 Å². The number of hydrogen-bond donors (Lipinski definition) is 1. The molecular formula is C22H27Cl2NO4. The summed E-state index contributed by atoms with van der Waals surface area (Å²) < 4.78 is 10.7. The highest BCUT2D eigenvalue weighted by Gasteiger charge is 2.40. The number of esters is 1. The molecule has 158 valence electrons. The minimum atomic E-state index is -0.797. The van der Waals surface area contributed by atoms with Crippen molar-refractivity contribution in [2.45, 2.75) is 46.5 Å². The number of rotatable bonds is 6. The number of benzene rings is 1. The Hall–Kier alpha value is -1.98. The Morgan fingerprint density at radius 2 is 1.97 bits per heavy atom. The number of nitrogens with two attached hydrogens (primary N) is 1. The second kappa shape index (κ2) is 9.23. The van der Waals surface area contributed by atoms with E-state index in [4.69, 9.17) is 38.4 Å². The first-order valence-electron chi connectivity index (χ1n) is 9.44. The lowest BCUT2D eigenvalue weighted by Gasteiger charge is -2.34. The molecule has 1 aromatic rings. The van der Waals surface area contributed by atoms with Gasteiger partial charge in [0.1, 0.15) is 5.75 Å². The number of allylic oxidation sites excluding steroid dienone is 3. The van der Waals surface area contributed by atoms with E-state index in [9.17, 15) is 9.59 Å². The van der Waals surface area contributed by atoms with Crippen LogP contribution in [-0.2, 0) is 14.3 Å². The van der Waals surface area contributed by atoms with Crippen molar-refractivity contribution in [2.24, 2.45) is 11.1 Å². The fraction of sp³-hybridized carbons (Fsp3) is 0.455. The molecule has 1 aliphatic rings. The molecule has 5 nitrogen and oxygen atoms in total. The zero-order valence-corrected chi connectivity index (χ0v) is 18.9. The van der Waals surface area contributed by atoms with Gasteiger partial charge in [-0.3, -0.25) is 4.79 Å². The molecule has 2 rings (SSSR count). The lowest BCUT2D eigenvalue weighted by molar-refractivity contribution is -0.138. The molecule has 7 heteroatoms. The predicted molar refractivity (Wildman–Crippen MR) is 115 cm³/mol. The molecule has 0 heterocycles. The summed E-state index contributed by atoms with van der Waals surface area (Å²) in [7, 11) is 1.47. The van der Waals surface area contributed by atoms with Gasteiger partial charge in [-0.15, -0.1) is 0 Å². The highest BCUT2D eigenvalue weighted by Crippen LogP contribution is 2.47. The Bertz CT molecular complexity index is 887. The molecule has 2 N–H and O–H groups in total. The number of carbonyl (C=O) groups is 2. The third-order valence-corrected chi connectivity index (χ3v) is 5.43. The third-order valence-electron chi connectivity index (χ3n) is 4.93. The Balaban J connectivity index is 2.82. The van der Waals surface area contributed by atoms with Gasteiger partial charge in [0.2, 0.25) is 0 Å². The Morgan fingerprint density at radius 3 is 2.48 bits per heavy atom. The molecular weight excluding hydrogens is 413 g/mol. The molecule has 0 amide bonds. The van der Waals surface area contributed by atoms with Gasteiger partial charge in [-0.05, 0) is 37.8 Å². The van der Waals surface area contributed by atoms with Gasteiger partial charge in [-0.2, -0.15) is 0 Å². The molecule has 0 saturated carbocycles. The molecule has 1 unspecified atom stereocenters. The van der Waals surface area contributed by atoms with Crippen molar-refractivity contribution in [1.82, 2.24) is 0 Å². The topological polar surface area (TPSA) is 78.6 Å². The minimum Gasteiger partial charge on any atom is -0.495 e. The highest BCUT2D eigenvalue weighted by molar-refractivity contribution is 6.35. The summed E-state index contributed by atoms with van der Waals surface area (Å²) in [5.41, 5.74) is 7.72. The van der Waals surface area contributed by atoms with Crippen LogP contribution in [0.3, 0.4) is 0 Å². The largest absolute Gasteiger partial charge is 0.495 e. The van der Waals surface area contributed by atoms with E-state index < -0.39 is 11.9 Å². The lowest BCUT2D eigenvalue weighted by atomic mass is 9.70. The Labute approximate surface area is 181 Å². The monoisotopic (exact) mass is 439 g/mol. The van der Waals surface area contributed by atoms with Gasteiger partial charge < -0.3 is 15.2 Å². The van der Waals surface area contributed by atoms with Crippen molar-refractivity contribution in [2.75, 3.05) is 13.7 Å². The van der Waals surface area contributed by atoms with Gasteiger partial charge in [0.15, 0.2) is 5.78 Å². The average Bonchev–Trinajstić information content (AvgIpc) is 2.59. The first-order chi connectivity index (χ1) is 13.6. The summed E-state index contributed by atoms with van der Waals surface area (Å²) in [4.78, 5) is 26.0. The highest BCUT2D eigenvalue weighted by atomic mass is 35.5. The molecule has 1 aromatic carbocycles. The van der Waals surface area contributed by atoms with E-state index in [0.29, 0.717) is 40.4 Å². The summed E-state index contributed by atoms with van der Waals surface area (Å²) in [5.74, 6) is -1.11. The normalized spacial score (nSPS) is 17.9. The van der Waals surface area contributed by atoms with Crippen LogP contribution >= 0.6 is 23.2 Å². The van der Waals surface area contributed by atoms with Crippen molar-refractivity contribution in [3.8, 4) is 5.75 Å². The smallest absolute Gasteiger partial charge is 0.334 e. The van der Waals surface area contributed by atoms with E-state index >= 15 is 0 Å². The van der Waals surface area contributed by atoms with Gasteiger partial charge in [0.05, 0.1) is 18.7 Å². The summed E-state index contributed by atoms with van der Waals surface area (Å²) in [5, 5.41) is 0.639. The van der Waals surface area contributed by atoms with E-state index in [1.807, 2.05) is 13.8 Å². The van der Waals surface area contributed by atoms with E-state index in [0.717, 1.165) is 0 Å². The van der Waals surface area contributed by atoms with Crippen molar-refractivity contribution in [3.63, 3.8) is 0 Å². The van der Waals surface area contributed by atoms with Crippen LogP contribution in [0.1, 0.15) is 52.0 Å². The molecule has 0 radical (unpaired) electrons. The van der Waals surface area contributed by atoms with Crippen LogP contribution in [0.4, 0.5) is 0 Å². The van der Waals surface area contributed by atoms with Gasteiger partial charge >= 0.3 is 5.97 Å². The van der Waals surface area contributed by atoms with Gasteiger partial charge in [0, 0.05) is 39.8 Å². The number of halogens is 2. The van der Waals surface area contributed by atoms with Crippen molar-refractivity contribution < 1.29 is 19.1 Å². The zero-order chi connectivity index (χ0) is 21.9. The van der Waals surface area contributed by atoms with Crippen molar-refractivity contribution >= 4 is 35.0 Å². The first-order valence-corrected chi connectivity index (χ1v) is 10.2. The maximum atomic E-state index is 13.2. The van der Waals surface area contributed by atoms with Crippen LogP contribution in [0.2, 0.25) is 10.0 Å². The third kappa shape index (κ3) is 4.96. The number of Topliss-reactive ketones (excluding diaryl/α,β-unsaturated/α-hetero) is 1. The summed E-state index contributed by atoms with van der Waals surface area (Å²) >= 11 is 12.6. The van der Waals surface area contributed by atoms with Crippen LogP contribution in [0.15, 0.2) is 35.1 Å². The minimum absolute atomic E-state index is 0.120. The maximum absolute atomic E-state index is 13.2. The summed E-state index contributed by atoms with van der Waals surface area (Å²) in [6.07, 6.45) is 2.47. The SMILES string of the molecule is C/C=C(\C(=O)OCC)C(C1=C(N)CC(C)(C)CC1=O)c1cc(Cl)cc(Cl)c1OC. The molecule has 29 heavy (non-hydrogen) atoms. The van der Waals surface area contributed by atoms with Crippen LogP contribution in [0.5, 0.6) is 5.75 Å². The predicted octanol–water partition coefficient (Wildman–Crippen LogP) is 5.20. The quantitative estimate of drug-likeness (QED) is 0.486. The number of methoxy groups -OCH3 is 1. The molecule has 0 aliphatic heterocycles. The van der Waals surface area contributed by atoms with E-state index in [2.05, 4.69) is 0 Å². The van der Waals surface area contributed by atoms with Crippen LogP contribution in [0, 0.1) is 5.41 Å². The summed E-state index contributed by atoms with van der Waals surface area (Å²) in [6, 6.07) is 3.19. The fourth-order valence-electron chi connectivity index (χ4n) is 3.83. The second-order valence-electron chi connectivity index (χ2n) is 7.79. The van der Waals surface area contributed by atoms with E-state index in [1.54, 1.807) is 32.1 Å². The molecule has 0 saturated heterocycles. The number of hydrogen-bond acceptors (Lipinski definition) is 5. The van der Waals surface area contributed by atoms with Crippen molar-refractivity contribution in [1.29, 1.82) is 0 Å². The maximum Gasteiger partial charge on any atom is 0.334 e. The van der Waals surface area contributed by atoms with Gasteiger partial charge in [-0.25, -0.2) is 4.79 Å². The second-order valence-corrected chi connectivity index (χ2v) is 8.63. The number of carbonyl (C=O) groups excluding carboxylic acids is 2.